The predicted molar refractivity (Wildman–Crippen MR) is 31.6 cm³/mol. The molecule has 0 aliphatic rings. The van der Waals surface area contributed by atoms with Crippen LogP contribution in [0.1, 0.15) is 6.92 Å². The Kier molecular flexibility index (Phi) is 3.00. The molecule has 0 nitrogen and oxygen atoms in total. The summed E-state index contributed by atoms with van der Waals surface area (Å²) in [6.45, 7) is 1.79. The maximum absolute atomic E-state index is 4.95. The summed E-state index contributed by atoms with van der Waals surface area (Å²) in [6, 6.07) is 0. The summed E-state index contributed by atoms with van der Waals surface area (Å²) in [5.41, 5.74) is 0. The van der Waals surface area contributed by atoms with E-state index < -0.39 is 0 Å². The third-order valence-corrected chi connectivity index (χ3v) is 0.787. The molecule has 3 heteroatoms. The molecule has 0 unspecified atom stereocenters. The predicted octanol–water partition coefficient (Wildman–Crippen LogP) is 1.15. The van der Waals surface area contributed by atoms with Crippen LogP contribution in [0.5, 0.6) is 0 Å². The molecule has 0 amide bonds. The fraction of sp³-hybridized carbons (Fsp3) is 0.500. The third kappa shape index (κ3) is 4.50. The van der Waals surface area contributed by atoms with Gasteiger partial charge in [0.1, 0.15) is 0 Å². The van der Waals surface area contributed by atoms with Crippen LogP contribution < -0.4 is 0 Å². The van der Waals surface area contributed by atoms with Gasteiger partial charge < -0.3 is 0 Å². The highest BCUT2D eigenvalue weighted by Crippen LogP contribution is 1.91. The lowest BCUT2D eigenvalue weighted by Gasteiger charge is -1.77. The molecule has 0 aliphatic carbocycles. The molecule has 0 aromatic heterocycles. The first-order valence-electron chi connectivity index (χ1n) is 1.14. The summed E-state index contributed by atoms with van der Waals surface area (Å²) in [5.74, 6) is 0. The minimum atomic E-state index is 0.782. The molecule has 0 bridgehead atoms. The van der Waals surface area contributed by atoms with Gasteiger partial charge in [-0.2, -0.15) is 11.6 Å². The summed E-state index contributed by atoms with van der Waals surface area (Å²) in [6.07, 6.45) is 0. The first-order valence-corrected chi connectivity index (χ1v) is 2.43. The fourth-order valence-corrected chi connectivity index (χ4v) is 0. The lowest BCUT2D eigenvalue weighted by atomic mass is 10.8. The molecule has 0 fully saturated rings. The highest BCUT2D eigenvalue weighted by Gasteiger charge is 1.70. The van der Waals surface area contributed by atoms with Crippen molar-refractivity contribution < 1.29 is 0 Å². The van der Waals surface area contributed by atoms with Crippen LogP contribution in [0.4, 0.5) is 0 Å². The second-order valence-corrected chi connectivity index (χ2v) is 2.33. The first-order chi connectivity index (χ1) is 2.27. The molecular weight excluding hydrogens is 99.0 g/mol. The number of hydrogen-bond donors (Lipinski definition) is 0. The van der Waals surface area contributed by atoms with Crippen LogP contribution in [0, 0.1) is 0 Å². The topological polar surface area (TPSA) is 0 Å². The van der Waals surface area contributed by atoms with Crippen LogP contribution in [-0.4, -0.2) is 11.3 Å². The van der Waals surface area contributed by atoms with Crippen molar-refractivity contribution >= 4 is 35.2 Å². The quantitative estimate of drug-likeness (QED) is 0.332. The minimum absolute atomic E-state index is 0.782. The van der Waals surface area contributed by atoms with E-state index in [1.54, 1.807) is 6.92 Å². The van der Waals surface area contributed by atoms with Gasteiger partial charge in [-0.25, -0.2) is 0 Å². The molecule has 0 aromatic carbocycles. The van der Waals surface area contributed by atoms with E-state index in [2.05, 4.69) is 12.2 Å². The Morgan fingerprint density at radius 1 is 2.00 bits per heavy atom. The molecule has 0 aromatic rings. The average Bonchev–Trinajstić information content (AvgIpc) is 1.38. The smallest absolute Gasteiger partial charge is 0.169 e. The van der Waals surface area contributed by atoms with Gasteiger partial charge >= 0.3 is 0 Å². The monoisotopic (exact) mass is 102 g/mol. The second kappa shape index (κ2) is 2.73. The van der Waals surface area contributed by atoms with E-state index in [0.717, 1.165) is 15.8 Å². The van der Waals surface area contributed by atoms with E-state index in [-0.39, 0.29) is 0 Å². The van der Waals surface area contributed by atoms with Crippen LogP contribution >= 0.6 is 23.8 Å². The van der Waals surface area contributed by atoms with E-state index in [1.807, 2.05) is 0 Å². The van der Waals surface area contributed by atoms with Gasteiger partial charge in [0, 0.05) is 4.20 Å². The normalized spacial score (nSPS) is 7.40. The van der Waals surface area contributed by atoms with Gasteiger partial charge in [-0.1, -0.05) is 12.2 Å². The summed E-state index contributed by atoms with van der Waals surface area (Å²) in [4.78, 5) is 0. The molecule has 0 saturated carbocycles. The Hall–Kier alpha value is 0.505. The zero-order chi connectivity index (χ0) is 4.28. The Morgan fingerprint density at radius 3 is 2.20 bits per heavy atom. The van der Waals surface area contributed by atoms with Crippen LogP contribution in [0.3, 0.4) is 0 Å². The molecule has 0 heterocycles. The van der Waals surface area contributed by atoms with Gasteiger partial charge in [-0.15, -0.1) is 0 Å². The van der Waals surface area contributed by atoms with Gasteiger partial charge in [0.15, 0.2) is 7.12 Å². The molecule has 0 N–H and O–H groups in total. The Morgan fingerprint density at radius 2 is 2.20 bits per heavy atom. The number of hydrogen-bond acceptors (Lipinski definition) is 2. The number of rotatable bonds is 0. The molecule has 0 spiro atoms. The molecule has 2 radical (unpaired) electrons. The summed E-state index contributed by atoms with van der Waals surface area (Å²) in [5, 5.41) is 0. The average molecular weight is 102 g/mol. The van der Waals surface area contributed by atoms with E-state index in [9.17, 15) is 0 Å². The summed E-state index contributed by atoms with van der Waals surface area (Å²) < 4.78 is 0.782. The second-order valence-electron chi connectivity index (χ2n) is 0.609. The van der Waals surface area contributed by atoms with Gasteiger partial charge in [0.2, 0.25) is 0 Å². The van der Waals surface area contributed by atoms with Crippen molar-refractivity contribution in [1.82, 2.24) is 0 Å². The van der Waals surface area contributed by atoms with E-state index in [4.69, 9.17) is 7.12 Å². The molecule has 0 saturated heterocycles. The van der Waals surface area contributed by atoms with Crippen molar-refractivity contribution in [1.29, 1.82) is 0 Å². The number of thiocarbonyl (C=S) groups is 1. The largest absolute Gasteiger partial charge is 0.187 e. The highest BCUT2D eigenvalue weighted by molar-refractivity contribution is 8.37. The van der Waals surface area contributed by atoms with Gasteiger partial charge in [-0.3, -0.25) is 0 Å². The van der Waals surface area contributed by atoms with E-state index in [0.29, 0.717) is 0 Å². The lowest BCUT2D eigenvalue weighted by Crippen LogP contribution is -1.68. The van der Waals surface area contributed by atoms with Crippen molar-refractivity contribution in [3.63, 3.8) is 0 Å². The van der Waals surface area contributed by atoms with E-state index in [1.165, 1.54) is 0 Å². The molecule has 0 atom stereocenters. The molecular formula is C2H3BS2. The molecule has 26 valence electrons. The first kappa shape index (κ1) is 5.50. The Bertz CT molecular complexity index is 42.9. The molecule has 5 heavy (non-hydrogen) atoms. The highest BCUT2D eigenvalue weighted by atomic mass is 32.2. The van der Waals surface area contributed by atoms with Crippen LogP contribution in [0.15, 0.2) is 0 Å². The molecule has 0 aliphatic heterocycles. The van der Waals surface area contributed by atoms with Gasteiger partial charge in [-0.05, 0) is 6.92 Å². The summed E-state index contributed by atoms with van der Waals surface area (Å²) >= 11 is 5.65. The standard InChI is InChI=1S/C2H3BS2/c1-2(4)5-3/h1H3. The fourth-order valence-electron chi connectivity index (χ4n) is 0. The summed E-state index contributed by atoms with van der Waals surface area (Å²) in [7, 11) is 4.95. The van der Waals surface area contributed by atoms with Crippen molar-refractivity contribution in [3.05, 3.63) is 0 Å². The van der Waals surface area contributed by atoms with Crippen molar-refractivity contribution in [2.75, 3.05) is 0 Å². The maximum Gasteiger partial charge on any atom is 0.169 e. The maximum atomic E-state index is 4.95. The minimum Gasteiger partial charge on any atom is -0.187 e. The van der Waals surface area contributed by atoms with E-state index >= 15 is 0 Å². The van der Waals surface area contributed by atoms with Gasteiger partial charge in [0.05, 0.1) is 0 Å². The van der Waals surface area contributed by atoms with Crippen molar-refractivity contribution in [2.45, 2.75) is 6.92 Å². The molecule has 0 rings (SSSR count). The Balaban J connectivity index is 2.85. The van der Waals surface area contributed by atoms with Crippen LogP contribution in [-0.2, 0) is 0 Å². The zero-order valence-electron chi connectivity index (χ0n) is 2.89. The van der Waals surface area contributed by atoms with Crippen molar-refractivity contribution in [3.8, 4) is 0 Å². The van der Waals surface area contributed by atoms with Gasteiger partial charge in [0.25, 0.3) is 0 Å². The zero-order valence-corrected chi connectivity index (χ0v) is 4.53. The van der Waals surface area contributed by atoms with Crippen LogP contribution in [0.25, 0.3) is 0 Å². The SMILES string of the molecule is [B]SC(C)=S. The van der Waals surface area contributed by atoms with Crippen LogP contribution in [0.2, 0.25) is 0 Å². The third-order valence-electron chi connectivity index (χ3n) is 0.166. The van der Waals surface area contributed by atoms with Crippen molar-refractivity contribution in [2.24, 2.45) is 0 Å². The Labute approximate surface area is 42.6 Å². The lowest BCUT2D eigenvalue weighted by molar-refractivity contribution is 2.12.